The Bertz CT molecular complexity index is 672. The number of fused-ring (bicyclic) bond motifs is 1. The summed E-state index contributed by atoms with van der Waals surface area (Å²) in [7, 11) is -4.26. The van der Waals surface area contributed by atoms with Gasteiger partial charge in [-0.1, -0.05) is 6.07 Å². The summed E-state index contributed by atoms with van der Waals surface area (Å²) in [4.78, 5) is -0.259. The summed E-state index contributed by atoms with van der Waals surface area (Å²) in [6.45, 7) is 0. The molecule has 19 heavy (non-hydrogen) atoms. The van der Waals surface area contributed by atoms with E-state index in [0.717, 1.165) is 0 Å². The van der Waals surface area contributed by atoms with Crippen LogP contribution in [0.3, 0.4) is 0 Å². The van der Waals surface area contributed by atoms with E-state index in [1.54, 1.807) is 0 Å². The van der Waals surface area contributed by atoms with Crippen LogP contribution in [0.25, 0.3) is 10.8 Å². The van der Waals surface area contributed by atoms with Crippen molar-refractivity contribution in [2.75, 3.05) is 0 Å². The number of rotatable bonds is 1. The first-order valence-corrected chi connectivity index (χ1v) is 5.75. The summed E-state index contributed by atoms with van der Waals surface area (Å²) >= 11 is 0. The maximum atomic E-state index is 10.9. The van der Waals surface area contributed by atoms with Crippen LogP contribution in [-0.4, -0.2) is 112 Å². The first-order valence-electron chi connectivity index (χ1n) is 4.31. The molecule has 0 spiro atoms. The summed E-state index contributed by atoms with van der Waals surface area (Å²) < 4.78 is 30.6. The number of hydrogen-bond donors (Lipinski definition) is 3. The first-order chi connectivity index (χ1) is 7.38. The third-order valence-corrected chi connectivity index (χ3v) is 3.05. The summed E-state index contributed by atoms with van der Waals surface area (Å²) in [5.41, 5.74) is 0. The molecule has 0 aliphatic heterocycles. The molecule has 0 unspecified atom stereocenters. The second-order valence-electron chi connectivity index (χ2n) is 3.32. The van der Waals surface area contributed by atoms with Crippen molar-refractivity contribution in [3.63, 3.8) is 0 Å². The second kappa shape index (κ2) is 8.60. The van der Waals surface area contributed by atoms with Crippen molar-refractivity contribution in [2.24, 2.45) is 0 Å². The standard InChI is InChI=1S/C10H8O5S.3Na.3H/c11-9-4-6-1-2-8(16(13,14)15)3-7(6)5-10(9)12;;;;;;/h1-5,11-12H,(H,13,14,15);;;;;;. The van der Waals surface area contributed by atoms with Gasteiger partial charge in [-0.3, -0.25) is 4.55 Å². The molecule has 0 fully saturated rings. The molecule has 0 heterocycles. The van der Waals surface area contributed by atoms with Gasteiger partial charge < -0.3 is 10.2 Å². The minimum atomic E-state index is -4.26. The van der Waals surface area contributed by atoms with E-state index in [4.69, 9.17) is 4.55 Å². The fourth-order valence-electron chi connectivity index (χ4n) is 1.41. The third-order valence-electron chi connectivity index (χ3n) is 2.20. The Hall–Kier alpha value is 1.21. The van der Waals surface area contributed by atoms with Crippen LogP contribution in [0, 0.1) is 0 Å². The van der Waals surface area contributed by atoms with Gasteiger partial charge >= 0.3 is 88.7 Å². The zero-order valence-electron chi connectivity index (χ0n) is 7.95. The molecule has 0 saturated carbocycles. The number of benzene rings is 2. The summed E-state index contributed by atoms with van der Waals surface area (Å²) in [6.07, 6.45) is 0. The van der Waals surface area contributed by atoms with Crippen molar-refractivity contribution in [1.29, 1.82) is 0 Å². The molecule has 3 N–H and O–H groups in total. The molecule has 2 aromatic carbocycles. The summed E-state index contributed by atoms with van der Waals surface area (Å²) in [6, 6.07) is 6.38. The molecule has 0 bridgehead atoms. The van der Waals surface area contributed by atoms with Crippen LogP contribution < -0.4 is 0 Å². The third kappa shape index (κ3) is 5.48. The zero-order valence-corrected chi connectivity index (χ0v) is 8.77. The van der Waals surface area contributed by atoms with E-state index in [2.05, 4.69) is 0 Å². The van der Waals surface area contributed by atoms with Crippen LogP contribution in [0.15, 0.2) is 35.2 Å². The van der Waals surface area contributed by atoms with E-state index in [-0.39, 0.29) is 105 Å². The molecule has 9 heteroatoms. The Morgan fingerprint density at radius 2 is 1.26 bits per heavy atom. The zero-order chi connectivity index (χ0) is 11.9. The van der Waals surface area contributed by atoms with Gasteiger partial charge in [0.15, 0.2) is 11.5 Å². The van der Waals surface area contributed by atoms with Gasteiger partial charge in [-0.25, -0.2) is 0 Å². The van der Waals surface area contributed by atoms with E-state index in [9.17, 15) is 18.6 Å². The van der Waals surface area contributed by atoms with Gasteiger partial charge in [-0.15, -0.1) is 0 Å². The predicted molar refractivity (Wildman–Crippen MR) is 78.5 cm³/mol. The molecule has 2 aromatic rings. The number of phenolic OH excluding ortho intramolecular Hbond substituents is 2. The van der Waals surface area contributed by atoms with Crippen LogP contribution in [0.5, 0.6) is 11.5 Å². The van der Waals surface area contributed by atoms with E-state index in [1.165, 1.54) is 30.3 Å². The van der Waals surface area contributed by atoms with Crippen LogP contribution in [0.2, 0.25) is 0 Å². The predicted octanol–water partition coefficient (Wildman–Crippen LogP) is -0.448. The molecular formula is C10H11Na3O5S. The van der Waals surface area contributed by atoms with Crippen molar-refractivity contribution < 1.29 is 23.2 Å². The average molecular weight is 312 g/mol. The van der Waals surface area contributed by atoms with E-state index < -0.39 is 10.1 Å². The summed E-state index contributed by atoms with van der Waals surface area (Å²) in [5.74, 6) is -0.632. The van der Waals surface area contributed by atoms with Gasteiger partial charge in [-0.2, -0.15) is 8.42 Å². The Balaban J connectivity index is 0. The van der Waals surface area contributed by atoms with Gasteiger partial charge in [0.05, 0.1) is 4.90 Å². The van der Waals surface area contributed by atoms with Crippen LogP contribution >= 0.6 is 0 Å². The van der Waals surface area contributed by atoms with Crippen molar-refractivity contribution in [3.8, 4) is 11.5 Å². The molecule has 0 saturated heterocycles. The van der Waals surface area contributed by atoms with E-state index in [1.807, 2.05) is 0 Å². The maximum absolute atomic E-state index is 10.9. The molecule has 0 aromatic heterocycles. The average Bonchev–Trinajstić information content (AvgIpc) is 2.17. The SMILES string of the molecule is O=S(=O)(O)c1ccc2cc(O)c(O)cc2c1.[NaH].[NaH].[NaH]. The quantitative estimate of drug-likeness (QED) is 0.377. The second-order valence-corrected chi connectivity index (χ2v) is 4.75. The van der Waals surface area contributed by atoms with Crippen molar-refractivity contribution >= 4 is 110 Å². The van der Waals surface area contributed by atoms with Gasteiger partial charge in [0.1, 0.15) is 0 Å². The molecule has 90 valence electrons. The number of aromatic hydroxyl groups is 2. The van der Waals surface area contributed by atoms with Crippen LogP contribution in [0.1, 0.15) is 0 Å². The van der Waals surface area contributed by atoms with E-state index >= 15 is 0 Å². The van der Waals surface area contributed by atoms with Gasteiger partial charge in [0.2, 0.25) is 0 Å². The Morgan fingerprint density at radius 1 is 0.789 bits per heavy atom. The molecule has 0 aliphatic carbocycles. The first kappa shape index (κ1) is 22.5. The van der Waals surface area contributed by atoms with E-state index in [0.29, 0.717) is 10.8 Å². The molecule has 0 aliphatic rings. The van der Waals surface area contributed by atoms with Crippen molar-refractivity contribution in [2.45, 2.75) is 4.90 Å². The molecule has 0 radical (unpaired) electrons. The van der Waals surface area contributed by atoms with Crippen molar-refractivity contribution in [3.05, 3.63) is 30.3 Å². The summed E-state index contributed by atoms with van der Waals surface area (Å²) in [5, 5.41) is 19.4. The molecular weight excluding hydrogens is 301 g/mol. The van der Waals surface area contributed by atoms with Crippen LogP contribution in [-0.2, 0) is 10.1 Å². The monoisotopic (exact) mass is 312 g/mol. The normalized spacial score (nSPS) is 9.95. The fraction of sp³-hybridized carbons (Fsp3) is 0. The minimum absolute atomic E-state index is 0. The Morgan fingerprint density at radius 3 is 1.74 bits per heavy atom. The van der Waals surface area contributed by atoms with Gasteiger partial charge in [-0.05, 0) is 35.0 Å². The van der Waals surface area contributed by atoms with Crippen LogP contribution in [0.4, 0.5) is 0 Å². The Kier molecular flexibility index (Phi) is 10.2. The van der Waals surface area contributed by atoms with Gasteiger partial charge in [0, 0.05) is 0 Å². The molecule has 0 amide bonds. The van der Waals surface area contributed by atoms with Crippen molar-refractivity contribution in [1.82, 2.24) is 0 Å². The Labute approximate surface area is 177 Å². The fourth-order valence-corrected chi connectivity index (χ4v) is 1.93. The molecule has 2 rings (SSSR count). The number of phenols is 2. The van der Waals surface area contributed by atoms with Gasteiger partial charge in [0.25, 0.3) is 10.1 Å². The molecule has 5 nitrogen and oxygen atoms in total. The topological polar surface area (TPSA) is 94.8 Å². The molecule has 0 atom stereocenters. The number of hydrogen-bond acceptors (Lipinski definition) is 4.